The maximum absolute atomic E-state index is 10.6. The van der Waals surface area contributed by atoms with Crippen molar-refractivity contribution in [1.29, 1.82) is 0 Å². The number of thiazole rings is 1. The van der Waals surface area contributed by atoms with Gasteiger partial charge in [-0.25, -0.2) is 4.98 Å². The number of hydrogen-bond acceptors (Lipinski definition) is 7. The van der Waals surface area contributed by atoms with Gasteiger partial charge in [0.15, 0.2) is 10.1 Å². The molecule has 0 saturated heterocycles. The maximum Gasteiger partial charge on any atom is 0.309 e. The Morgan fingerprint density at radius 1 is 1.38 bits per heavy atom. The Hall–Kier alpha value is -1.64. The van der Waals surface area contributed by atoms with E-state index in [1.54, 1.807) is 16.7 Å². The molecule has 3 heterocycles. The summed E-state index contributed by atoms with van der Waals surface area (Å²) in [6.45, 7) is 0. The number of carboxylic acids is 1. The van der Waals surface area contributed by atoms with Crippen molar-refractivity contribution in [2.75, 3.05) is 0 Å². The van der Waals surface area contributed by atoms with Crippen molar-refractivity contribution in [3.63, 3.8) is 0 Å². The molecule has 0 aliphatic rings. The summed E-state index contributed by atoms with van der Waals surface area (Å²) in [5.74, 6) is 0.551. The first-order chi connectivity index (χ1) is 10.2. The lowest BCUT2D eigenvalue weighted by Gasteiger charge is -1.92. The first-order valence-corrected chi connectivity index (χ1v) is 8.73. The van der Waals surface area contributed by atoms with Crippen LogP contribution in [0.4, 0.5) is 0 Å². The monoisotopic (exact) mass is 338 g/mol. The first-order valence-electron chi connectivity index (χ1n) is 5.99. The zero-order valence-corrected chi connectivity index (χ0v) is 13.1. The van der Waals surface area contributed by atoms with Crippen LogP contribution in [0.15, 0.2) is 37.8 Å². The second-order valence-electron chi connectivity index (χ2n) is 4.12. The van der Waals surface area contributed by atoms with Crippen molar-refractivity contribution < 1.29 is 14.4 Å². The number of aromatic nitrogens is 2. The standard InChI is InChI=1S/C13H10N2O3S3/c16-12(17)5-8-6-20-13(14-8)21-7-9-4-10(18-15-9)11-2-1-3-19-11/h1-4,6H,5,7H2,(H,16,17). The van der Waals surface area contributed by atoms with Gasteiger partial charge in [0.2, 0.25) is 0 Å². The summed E-state index contributed by atoms with van der Waals surface area (Å²) >= 11 is 4.58. The second-order valence-corrected chi connectivity index (χ2v) is 7.15. The molecule has 3 aromatic heterocycles. The van der Waals surface area contributed by atoms with Crippen molar-refractivity contribution in [3.8, 4) is 10.6 Å². The van der Waals surface area contributed by atoms with Crippen molar-refractivity contribution in [2.24, 2.45) is 0 Å². The van der Waals surface area contributed by atoms with Crippen LogP contribution in [0.5, 0.6) is 0 Å². The van der Waals surface area contributed by atoms with Gasteiger partial charge in [-0.15, -0.1) is 22.7 Å². The number of aliphatic carboxylic acids is 1. The predicted molar refractivity (Wildman–Crippen MR) is 82.8 cm³/mol. The van der Waals surface area contributed by atoms with Gasteiger partial charge in [0.1, 0.15) is 0 Å². The highest BCUT2D eigenvalue weighted by molar-refractivity contribution is 8.00. The van der Waals surface area contributed by atoms with Crippen molar-refractivity contribution in [1.82, 2.24) is 10.1 Å². The lowest BCUT2D eigenvalue weighted by Crippen LogP contribution is -1.99. The molecule has 3 rings (SSSR count). The van der Waals surface area contributed by atoms with Crippen LogP contribution < -0.4 is 0 Å². The lowest BCUT2D eigenvalue weighted by atomic mass is 10.3. The summed E-state index contributed by atoms with van der Waals surface area (Å²) in [5, 5.41) is 16.5. The highest BCUT2D eigenvalue weighted by Crippen LogP contribution is 2.29. The third-order valence-electron chi connectivity index (χ3n) is 2.53. The second kappa shape index (κ2) is 6.42. The molecule has 0 unspecified atom stereocenters. The highest BCUT2D eigenvalue weighted by atomic mass is 32.2. The van der Waals surface area contributed by atoms with E-state index in [9.17, 15) is 4.79 Å². The first kappa shape index (κ1) is 14.3. The van der Waals surface area contributed by atoms with Gasteiger partial charge in [-0.1, -0.05) is 23.0 Å². The molecule has 108 valence electrons. The molecule has 0 bridgehead atoms. The zero-order valence-electron chi connectivity index (χ0n) is 10.7. The van der Waals surface area contributed by atoms with Gasteiger partial charge in [-0.2, -0.15) is 0 Å². The van der Waals surface area contributed by atoms with E-state index in [4.69, 9.17) is 9.63 Å². The summed E-state index contributed by atoms with van der Waals surface area (Å²) < 4.78 is 6.15. The molecule has 0 amide bonds. The highest BCUT2D eigenvalue weighted by Gasteiger charge is 2.10. The maximum atomic E-state index is 10.6. The summed E-state index contributed by atoms with van der Waals surface area (Å²) in [6, 6.07) is 5.88. The molecular weight excluding hydrogens is 328 g/mol. The van der Waals surface area contributed by atoms with Crippen LogP contribution in [0, 0.1) is 0 Å². The molecular formula is C13H10N2O3S3. The smallest absolute Gasteiger partial charge is 0.309 e. The summed E-state index contributed by atoms with van der Waals surface area (Å²) in [6.07, 6.45) is -0.0381. The van der Waals surface area contributed by atoms with E-state index in [0.29, 0.717) is 11.4 Å². The average Bonchev–Trinajstić information content (AvgIpc) is 3.17. The molecule has 0 saturated carbocycles. The third-order valence-corrected chi connectivity index (χ3v) is 5.52. The van der Waals surface area contributed by atoms with E-state index >= 15 is 0 Å². The van der Waals surface area contributed by atoms with Crippen LogP contribution >= 0.6 is 34.4 Å². The lowest BCUT2D eigenvalue weighted by molar-refractivity contribution is -0.136. The molecule has 0 fully saturated rings. The Balaban J connectivity index is 1.60. The molecule has 3 aromatic rings. The zero-order chi connectivity index (χ0) is 14.7. The molecule has 5 nitrogen and oxygen atoms in total. The molecule has 0 aliphatic carbocycles. The normalized spacial score (nSPS) is 10.9. The molecule has 0 radical (unpaired) electrons. The van der Waals surface area contributed by atoms with Gasteiger partial charge in [0.05, 0.1) is 22.7 Å². The molecule has 0 atom stereocenters. The van der Waals surface area contributed by atoms with E-state index in [0.717, 1.165) is 20.7 Å². The van der Waals surface area contributed by atoms with E-state index < -0.39 is 5.97 Å². The van der Waals surface area contributed by atoms with Crippen LogP contribution in [0.25, 0.3) is 10.6 Å². The van der Waals surface area contributed by atoms with E-state index in [1.165, 1.54) is 23.1 Å². The number of nitrogens with zero attached hydrogens (tertiary/aromatic N) is 2. The Morgan fingerprint density at radius 2 is 2.29 bits per heavy atom. The molecule has 1 N–H and O–H groups in total. The fourth-order valence-corrected chi connectivity index (χ4v) is 4.04. The topological polar surface area (TPSA) is 76.2 Å². The quantitative estimate of drug-likeness (QED) is 0.689. The van der Waals surface area contributed by atoms with Gasteiger partial charge in [0.25, 0.3) is 0 Å². The van der Waals surface area contributed by atoms with Crippen LogP contribution in [0.2, 0.25) is 0 Å². The molecule has 0 aromatic carbocycles. The number of hydrogen-bond donors (Lipinski definition) is 1. The summed E-state index contributed by atoms with van der Waals surface area (Å²) in [7, 11) is 0. The number of thioether (sulfide) groups is 1. The van der Waals surface area contributed by atoms with E-state index in [1.807, 2.05) is 23.6 Å². The Morgan fingerprint density at radius 3 is 3.05 bits per heavy atom. The van der Waals surface area contributed by atoms with Crippen molar-refractivity contribution >= 4 is 40.4 Å². The molecule has 8 heteroatoms. The van der Waals surface area contributed by atoms with Gasteiger partial charge >= 0.3 is 5.97 Å². The number of carboxylic acid groups (broad SMARTS) is 1. The van der Waals surface area contributed by atoms with Crippen LogP contribution in [0.3, 0.4) is 0 Å². The Bertz CT molecular complexity index is 734. The van der Waals surface area contributed by atoms with E-state index in [-0.39, 0.29) is 6.42 Å². The Labute approximate surface area is 132 Å². The van der Waals surface area contributed by atoms with Gasteiger partial charge in [-0.05, 0) is 11.4 Å². The third kappa shape index (κ3) is 3.72. The van der Waals surface area contributed by atoms with E-state index in [2.05, 4.69) is 10.1 Å². The summed E-state index contributed by atoms with van der Waals surface area (Å²) in [5.41, 5.74) is 1.44. The molecule has 21 heavy (non-hydrogen) atoms. The molecule has 0 aliphatic heterocycles. The van der Waals surface area contributed by atoms with Gasteiger partial charge in [0, 0.05) is 17.2 Å². The number of rotatable bonds is 6. The van der Waals surface area contributed by atoms with Crippen LogP contribution in [-0.2, 0) is 17.0 Å². The fraction of sp³-hybridized carbons (Fsp3) is 0.154. The number of carbonyl (C=O) groups is 1. The summed E-state index contributed by atoms with van der Waals surface area (Å²) in [4.78, 5) is 15.9. The fourth-order valence-electron chi connectivity index (χ4n) is 1.64. The largest absolute Gasteiger partial charge is 0.481 e. The minimum Gasteiger partial charge on any atom is -0.481 e. The van der Waals surface area contributed by atoms with Crippen molar-refractivity contribution in [3.05, 3.63) is 40.3 Å². The average molecular weight is 338 g/mol. The minimum atomic E-state index is -0.867. The van der Waals surface area contributed by atoms with Gasteiger partial charge in [-0.3, -0.25) is 4.79 Å². The van der Waals surface area contributed by atoms with Gasteiger partial charge < -0.3 is 9.63 Å². The number of thiophene rings is 1. The predicted octanol–water partition coefficient (Wildman–Crippen LogP) is 3.78. The van der Waals surface area contributed by atoms with Crippen LogP contribution in [-0.4, -0.2) is 21.2 Å². The van der Waals surface area contributed by atoms with Crippen LogP contribution in [0.1, 0.15) is 11.4 Å². The SMILES string of the molecule is O=C(O)Cc1csc(SCc2cc(-c3cccs3)on2)n1. The molecule has 0 spiro atoms. The van der Waals surface area contributed by atoms with Crippen molar-refractivity contribution in [2.45, 2.75) is 16.5 Å². The Kier molecular flexibility index (Phi) is 4.37. The minimum absolute atomic E-state index is 0.0381.